The fourth-order valence-electron chi connectivity index (χ4n) is 5.10. The van der Waals surface area contributed by atoms with Crippen LogP contribution in [-0.4, -0.2) is 11.2 Å². The molecule has 2 aliphatic carbocycles. The molecule has 21 heavy (non-hydrogen) atoms. The van der Waals surface area contributed by atoms with E-state index in [9.17, 15) is 5.11 Å². The lowest BCUT2D eigenvalue weighted by Crippen LogP contribution is -2.52. The average Bonchev–Trinajstić information content (AvgIpc) is 2.35. The third-order valence-corrected chi connectivity index (χ3v) is 6.06. The first-order valence-corrected chi connectivity index (χ1v) is 8.37. The third-order valence-electron chi connectivity index (χ3n) is 6.06. The van der Waals surface area contributed by atoms with E-state index in [2.05, 4.69) is 53.0 Å². The molecule has 0 saturated heterocycles. The van der Waals surface area contributed by atoms with Gasteiger partial charge < -0.3 is 5.11 Å². The van der Waals surface area contributed by atoms with Crippen molar-refractivity contribution in [3.63, 3.8) is 0 Å². The van der Waals surface area contributed by atoms with E-state index in [0.717, 1.165) is 19.3 Å². The van der Waals surface area contributed by atoms with Crippen molar-refractivity contribution in [3.8, 4) is 0 Å². The van der Waals surface area contributed by atoms with Crippen LogP contribution in [0.25, 0.3) is 0 Å². The van der Waals surface area contributed by atoms with Gasteiger partial charge in [-0.3, -0.25) is 0 Å². The van der Waals surface area contributed by atoms with Crippen molar-refractivity contribution in [1.29, 1.82) is 0 Å². The Morgan fingerprint density at radius 3 is 2.57 bits per heavy atom. The van der Waals surface area contributed by atoms with Crippen LogP contribution >= 0.6 is 0 Å². The first-order valence-electron chi connectivity index (χ1n) is 8.37. The molecule has 5 atom stereocenters. The summed E-state index contributed by atoms with van der Waals surface area (Å²) in [6.07, 6.45) is 10.6. The monoisotopic (exact) mass is 288 g/mol. The van der Waals surface area contributed by atoms with E-state index in [0.29, 0.717) is 17.8 Å². The maximum atomic E-state index is 10.4. The predicted octanol–water partition coefficient (Wildman–Crippen LogP) is 5.13. The highest BCUT2D eigenvalue weighted by atomic mass is 16.3. The van der Waals surface area contributed by atoms with Gasteiger partial charge in [-0.15, -0.1) is 6.58 Å². The van der Waals surface area contributed by atoms with Crippen molar-refractivity contribution in [3.05, 3.63) is 37.0 Å². The summed E-state index contributed by atoms with van der Waals surface area (Å²) in [5, 5.41) is 10.4. The summed E-state index contributed by atoms with van der Waals surface area (Å²) in [7, 11) is 0. The number of hydrogen-bond acceptors (Lipinski definition) is 1. The Hall–Kier alpha value is -0.820. The highest BCUT2D eigenvalue weighted by molar-refractivity contribution is 5.22. The number of aliphatic hydroxyl groups is 1. The molecule has 0 amide bonds. The molecule has 2 fully saturated rings. The third kappa shape index (κ3) is 3.04. The smallest absolute Gasteiger partial charge is 0.0551 e. The highest BCUT2D eigenvalue weighted by Gasteiger charge is 2.54. The molecule has 1 nitrogen and oxygen atoms in total. The molecule has 118 valence electrons. The van der Waals surface area contributed by atoms with E-state index >= 15 is 0 Å². The number of rotatable bonds is 3. The van der Waals surface area contributed by atoms with Crippen molar-refractivity contribution in [2.75, 3.05) is 0 Å². The molecule has 2 saturated carbocycles. The lowest BCUT2D eigenvalue weighted by Gasteiger charge is -2.58. The minimum absolute atomic E-state index is 0.133. The standard InChI is InChI=1S/C20H32O/c1-7-14(2)8-10-17-15(3)9-11-18-19(4,5)12-16(21)13-20(17,18)6/h7-8,10,14,16-18,21H,1,3,9,11-13H2,2,4-6H3/b10-8+/t14?,16-,17-,18-,20+/m0/s1. The van der Waals surface area contributed by atoms with Gasteiger partial charge >= 0.3 is 0 Å². The molecule has 0 bridgehead atoms. The summed E-state index contributed by atoms with van der Waals surface area (Å²) in [4.78, 5) is 0. The molecule has 0 aliphatic heterocycles. The second-order valence-electron chi connectivity index (χ2n) is 8.26. The van der Waals surface area contributed by atoms with Crippen LogP contribution in [0.3, 0.4) is 0 Å². The van der Waals surface area contributed by atoms with E-state index in [1.807, 2.05) is 6.08 Å². The van der Waals surface area contributed by atoms with Gasteiger partial charge in [-0.2, -0.15) is 0 Å². The van der Waals surface area contributed by atoms with Crippen LogP contribution < -0.4 is 0 Å². The van der Waals surface area contributed by atoms with Crippen LogP contribution in [0.2, 0.25) is 0 Å². The molecule has 1 N–H and O–H groups in total. The van der Waals surface area contributed by atoms with Crippen molar-refractivity contribution >= 4 is 0 Å². The Morgan fingerprint density at radius 1 is 1.29 bits per heavy atom. The van der Waals surface area contributed by atoms with E-state index in [4.69, 9.17) is 0 Å². The zero-order valence-corrected chi connectivity index (χ0v) is 14.2. The first-order chi connectivity index (χ1) is 9.70. The van der Waals surface area contributed by atoms with Crippen molar-refractivity contribution in [2.45, 2.75) is 59.5 Å². The zero-order chi connectivity index (χ0) is 15.8. The Morgan fingerprint density at radius 2 is 1.95 bits per heavy atom. The highest BCUT2D eigenvalue weighted by Crippen LogP contribution is 2.61. The minimum Gasteiger partial charge on any atom is -0.393 e. The SMILES string of the molecule is C=CC(C)/C=C/[C@H]1C(=C)CC[C@H]2C(C)(C)C[C@H](O)C[C@]12C. The van der Waals surface area contributed by atoms with Gasteiger partial charge in [0.15, 0.2) is 0 Å². The maximum absolute atomic E-state index is 10.4. The van der Waals surface area contributed by atoms with Crippen LogP contribution in [0.5, 0.6) is 0 Å². The Labute approximate surface area is 130 Å². The van der Waals surface area contributed by atoms with Crippen LogP contribution in [0.4, 0.5) is 0 Å². The number of aliphatic hydroxyl groups excluding tert-OH is 1. The summed E-state index contributed by atoms with van der Waals surface area (Å²) in [5.74, 6) is 1.43. The molecular formula is C20H32O. The molecule has 2 aliphatic rings. The van der Waals surface area contributed by atoms with Gasteiger partial charge in [-0.1, -0.05) is 58.1 Å². The Bertz CT molecular complexity index is 445. The van der Waals surface area contributed by atoms with E-state index in [-0.39, 0.29) is 16.9 Å². The average molecular weight is 288 g/mol. The summed E-state index contributed by atoms with van der Waals surface area (Å²) in [6.45, 7) is 17.4. The summed E-state index contributed by atoms with van der Waals surface area (Å²) >= 11 is 0. The Kier molecular flexibility index (Phi) is 4.54. The summed E-state index contributed by atoms with van der Waals surface area (Å²) < 4.78 is 0. The van der Waals surface area contributed by atoms with Crippen molar-refractivity contribution in [1.82, 2.24) is 0 Å². The van der Waals surface area contributed by atoms with Gasteiger partial charge in [0.2, 0.25) is 0 Å². The number of allylic oxidation sites excluding steroid dienone is 4. The molecule has 0 aromatic rings. The minimum atomic E-state index is -0.181. The number of hydrogen-bond donors (Lipinski definition) is 1. The van der Waals surface area contributed by atoms with Crippen LogP contribution in [0.15, 0.2) is 37.0 Å². The second-order valence-corrected chi connectivity index (χ2v) is 8.26. The molecule has 1 heteroatoms. The van der Waals surface area contributed by atoms with Gasteiger partial charge in [0.05, 0.1) is 6.10 Å². The first kappa shape index (κ1) is 16.5. The van der Waals surface area contributed by atoms with Gasteiger partial charge in [-0.25, -0.2) is 0 Å². The molecule has 0 heterocycles. The van der Waals surface area contributed by atoms with E-state index in [1.54, 1.807) is 0 Å². The molecule has 0 aromatic heterocycles. The molecule has 2 rings (SSSR count). The maximum Gasteiger partial charge on any atom is 0.0551 e. The summed E-state index contributed by atoms with van der Waals surface area (Å²) in [5.41, 5.74) is 1.68. The fourth-order valence-corrected chi connectivity index (χ4v) is 5.10. The van der Waals surface area contributed by atoms with Crippen molar-refractivity contribution < 1.29 is 5.11 Å². The van der Waals surface area contributed by atoms with Gasteiger partial charge in [0.25, 0.3) is 0 Å². The Balaban J connectivity index is 2.36. The van der Waals surface area contributed by atoms with Gasteiger partial charge in [-0.05, 0) is 48.3 Å². The quantitative estimate of drug-likeness (QED) is 0.713. The summed E-state index contributed by atoms with van der Waals surface area (Å²) in [6, 6.07) is 0. The molecule has 1 unspecified atom stereocenters. The molecule has 0 spiro atoms. The lowest BCUT2D eigenvalue weighted by atomic mass is 9.47. The molecular weight excluding hydrogens is 256 g/mol. The molecule has 0 aromatic carbocycles. The van der Waals surface area contributed by atoms with Crippen LogP contribution in [0.1, 0.15) is 53.4 Å². The second kappa shape index (κ2) is 5.76. The molecule has 0 radical (unpaired) electrons. The fraction of sp³-hybridized carbons (Fsp3) is 0.700. The normalized spacial score (nSPS) is 40.8. The largest absolute Gasteiger partial charge is 0.393 e. The van der Waals surface area contributed by atoms with Crippen LogP contribution in [-0.2, 0) is 0 Å². The van der Waals surface area contributed by atoms with Gasteiger partial charge in [0, 0.05) is 5.92 Å². The zero-order valence-electron chi connectivity index (χ0n) is 14.2. The topological polar surface area (TPSA) is 20.2 Å². The van der Waals surface area contributed by atoms with E-state index in [1.165, 1.54) is 12.0 Å². The van der Waals surface area contributed by atoms with Gasteiger partial charge in [0.1, 0.15) is 0 Å². The predicted molar refractivity (Wildman–Crippen MR) is 91.0 cm³/mol. The lowest BCUT2D eigenvalue weighted by molar-refractivity contribution is -0.0952. The van der Waals surface area contributed by atoms with E-state index < -0.39 is 0 Å². The van der Waals surface area contributed by atoms with Crippen LogP contribution in [0, 0.1) is 28.6 Å². The van der Waals surface area contributed by atoms with Crippen molar-refractivity contribution in [2.24, 2.45) is 28.6 Å². The number of fused-ring (bicyclic) bond motifs is 1.